The van der Waals surface area contributed by atoms with Gasteiger partial charge in [0.25, 0.3) is 0 Å². The number of aryl methyl sites for hydroxylation is 1. The van der Waals surface area contributed by atoms with Gasteiger partial charge in [0.2, 0.25) is 17.5 Å². The number of nitrogens with zero attached hydrogens (tertiary/aromatic N) is 3. The van der Waals surface area contributed by atoms with Crippen LogP contribution in [0, 0.1) is 6.57 Å². The average molecular weight is 464 g/mol. The molecule has 0 aliphatic carbocycles. The molecule has 0 saturated carbocycles. The number of hydrogen-bond acceptors (Lipinski definition) is 7. The topological polar surface area (TPSA) is 88.0 Å². The third kappa shape index (κ3) is 6.35. The SMILES string of the molecule is [C-]#[N+]c1cc(-c2nnc(-c3ccc(OCCCC(=O)OCC)cc3CC)o2)ccc1OC(C)C. The fourth-order valence-electron chi connectivity index (χ4n) is 3.34. The molecule has 8 heteroatoms. The molecule has 0 spiro atoms. The Bertz CT molecular complexity index is 1160. The maximum Gasteiger partial charge on any atom is 0.305 e. The Kier molecular flexibility index (Phi) is 8.63. The maximum atomic E-state index is 11.4. The van der Waals surface area contributed by atoms with Gasteiger partial charge >= 0.3 is 5.97 Å². The van der Waals surface area contributed by atoms with Crippen LogP contribution in [0.5, 0.6) is 11.5 Å². The Balaban J connectivity index is 1.73. The second-order valence-electron chi connectivity index (χ2n) is 7.80. The van der Waals surface area contributed by atoms with Crippen molar-refractivity contribution >= 4 is 11.7 Å². The van der Waals surface area contributed by atoms with Crippen molar-refractivity contribution in [2.45, 2.75) is 53.1 Å². The van der Waals surface area contributed by atoms with Crippen LogP contribution in [0.3, 0.4) is 0 Å². The number of esters is 1. The van der Waals surface area contributed by atoms with Gasteiger partial charge in [-0.1, -0.05) is 6.92 Å². The summed E-state index contributed by atoms with van der Waals surface area (Å²) >= 11 is 0. The standard InChI is InChI=1S/C26H29N3O5/c1-6-18-15-20(32-14-8-9-24(30)31-7-2)11-12-21(18)26-29-28-25(34-26)19-10-13-23(33-17(3)4)22(16-19)27-5/h10-13,15-17H,6-9,14H2,1-4H3. The highest BCUT2D eigenvalue weighted by Crippen LogP contribution is 2.35. The third-order valence-electron chi connectivity index (χ3n) is 4.90. The fourth-order valence-corrected chi connectivity index (χ4v) is 3.34. The highest BCUT2D eigenvalue weighted by Gasteiger charge is 2.16. The van der Waals surface area contributed by atoms with E-state index in [-0.39, 0.29) is 12.1 Å². The van der Waals surface area contributed by atoms with E-state index in [0.717, 1.165) is 17.5 Å². The van der Waals surface area contributed by atoms with Gasteiger partial charge in [-0.15, -0.1) is 10.2 Å². The Morgan fingerprint density at radius 1 is 1.12 bits per heavy atom. The molecule has 0 aliphatic rings. The van der Waals surface area contributed by atoms with E-state index >= 15 is 0 Å². The molecule has 1 heterocycles. The minimum absolute atomic E-state index is 0.0293. The van der Waals surface area contributed by atoms with Crippen LogP contribution in [0.4, 0.5) is 5.69 Å². The van der Waals surface area contributed by atoms with E-state index in [1.54, 1.807) is 25.1 Å². The summed E-state index contributed by atoms with van der Waals surface area (Å²) in [6.45, 7) is 15.9. The van der Waals surface area contributed by atoms with Crippen LogP contribution < -0.4 is 9.47 Å². The van der Waals surface area contributed by atoms with Gasteiger partial charge in [0.05, 0.1) is 25.9 Å². The molecule has 0 unspecified atom stereocenters. The summed E-state index contributed by atoms with van der Waals surface area (Å²) in [5, 5.41) is 8.41. The van der Waals surface area contributed by atoms with Crippen molar-refractivity contribution in [3.8, 4) is 34.4 Å². The quantitative estimate of drug-likeness (QED) is 0.195. The number of aromatic nitrogens is 2. The maximum absolute atomic E-state index is 11.4. The summed E-state index contributed by atoms with van der Waals surface area (Å²) in [6, 6.07) is 10.9. The molecule has 0 atom stereocenters. The van der Waals surface area contributed by atoms with E-state index in [9.17, 15) is 4.79 Å². The molecular formula is C26H29N3O5. The predicted octanol–water partition coefficient (Wildman–Crippen LogP) is 6.03. The first-order valence-corrected chi connectivity index (χ1v) is 11.4. The molecule has 178 valence electrons. The Labute approximate surface area is 199 Å². The summed E-state index contributed by atoms with van der Waals surface area (Å²) in [6.07, 6.45) is 1.63. The monoisotopic (exact) mass is 463 g/mol. The molecule has 0 saturated heterocycles. The molecule has 2 aromatic carbocycles. The van der Waals surface area contributed by atoms with Crippen molar-refractivity contribution in [2.75, 3.05) is 13.2 Å². The van der Waals surface area contributed by atoms with E-state index < -0.39 is 0 Å². The molecule has 34 heavy (non-hydrogen) atoms. The van der Waals surface area contributed by atoms with Gasteiger partial charge in [-0.3, -0.25) is 4.79 Å². The lowest BCUT2D eigenvalue weighted by Gasteiger charge is -2.11. The van der Waals surface area contributed by atoms with Gasteiger partial charge in [0, 0.05) is 17.5 Å². The van der Waals surface area contributed by atoms with E-state index in [2.05, 4.69) is 15.0 Å². The Hall–Kier alpha value is -3.86. The first-order valence-electron chi connectivity index (χ1n) is 11.4. The average Bonchev–Trinajstić information content (AvgIpc) is 3.32. The van der Waals surface area contributed by atoms with Crippen molar-refractivity contribution in [2.24, 2.45) is 0 Å². The summed E-state index contributed by atoms with van der Waals surface area (Å²) in [5.74, 6) is 1.75. The second kappa shape index (κ2) is 11.8. The summed E-state index contributed by atoms with van der Waals surface area (Å²) < 4.78 is 22.4. The lowest BCUT2D eigenvalue weighted by atomic mass is 10.0. The highest BCUT2D eigenvalue weighted by atomic mass is 16.5. The van der Waals surface area contributed by atoms with Crippen LogP contribution in [0.1, 0.15) is 46.1 Å². The van der Waals surface area contributed by atoms with Gasteiger partial charge in [0.15, 0.2) is 0 Å². The molecule has 3 rings (SSSR count). The zero-order valence-corrected chi connectivity index (χ0v) is 20.0. The van der Waals surface area contributed by atoms with Crippen LogP contribution >= 0.6 is 0 Å². The number of carbonyl (C=O) groups is 1. The number of benzene rings is 2. The molecule has 1 aromatic heterocycles. The van der Waals surface area contributed by atoms with E-state index in [0.29, 0.717) is 60.6 Å². The minimum Gasteiger partial charge on any atom is -0.502 e. The van der Waals surface area contributed by atoms with Crippen LogP contribution in [0.2, 0.25) is 0 Å². The highest BCUT2D eigenvalue weighted by molar-refractivity contribution is 5.70. The van der Waals surface area contributed by atoms with Gasteiger partial charge in [0.1, 0.15) is 11.5 Å². The normalized spacial score (nSPS) is 10.7. The Morgan fingerprint density at radius 2 is 1.91 bits per heavy atom. The smallest absolute Gasteiger partial charge is 0.305 e. The number of rotatable bonds is 11. The molecule has 0 bridgehead atoms. The molecule has 0 fully saturated rings. The number of hydrogen-bond donors (Lipinski definition) is 0. The molecule has 3 aromatic rings. The predicted molar refractivity (Wildman–Crippen MR) is 128 cm³/mol. The van der Waals surface area contributed by atoms with Crippen LogP contribution in [0.15, 0.2) is 40.8 Å². The van der Waals surface area contributed by atoms with E-state index in [4.69, 9.17) is 25.2 Å². The summed E-state index contributed by atoms with van der Waals surface area (Å²) in [7, 11) is 0. The van der Waals surface area contributed by atoms with Gasteiger partial charge < -0.3 is 18.6 Å². The van der Waals surface area contributed by atoms with Crippen LogP contribution in [0.25, 0.3) is 27.8 Å². The third-order valence-corrected chi connectivity index (χ3v) is 4.90. The van der Waals surface area contributed by atoms with E-state index in [1.165, 1.54) is 0 Å². The molecular weight excluding hydrogens is 434 g/mol. The molecule has 0 amide bonds. The second-order valence-corrected chi connectivity index (χ2v) is 7.80. The summed E-state index contributed by atoms with van der Waals surface area (Å²) in [4.78, 5) is 15.0. The van der Waals surface area contributed by atoms with Crippen LogP contribution in [-0.2, 0) is 16.0 Å². The zero-order chi connectivity index (χ0) is 24.5. The Morgan fingerprint density at radius 3 is 2.62 bits per heavy atom. The van der Waals surface area contributed by atoms with Crippen molar-refractivity contribution < 1.29 is 23.4 Å². The zero-order valence-electron chi connectivity index (χ0n) is 20.0. The van der Waals surface area contributed by atoms with Gasteiger partial charge in [-0.2, -0.15) is 0 Å². The summed E-state index contributed by atoms with van der Waals surface area (Å²) in [5.41, 5.74) is 2.87. The number of ether oxygens (including phenoxy) is 3. The first kappa shape index (κ1) is 24.8. The van der Waals surface area contributed by atoms with Crippen molar-refractivity contribution in [3.63, 3.8) is 0 Å². The van der Waals surface area contributed by atoms with Gasteiger partial charge in [-0.05, 0) is 75.6 Å². The lowest BCUT2D eigenvalue weighted by molar-refractivity contribution is -0.143. The molecule has 0 N–H and O–H groups in total. The van der Waals surface area contributed by atoms with Gasteiger partial charge in [-0.25, -0.2) is 4.85 Å². The largest absolute Gasteiger partial charge is 0.502 e. The van der Waals surface area contributed by atoms with Crippen LogP contribution in [-0.4, -0.2) is 35.5 Å². The first-order chi connectivity index (χ1) is 16.4. The molecule has 0 aliphatic heterocycles. The van der Waals surface area contributed by atoms with E-state index in [1.807, 2.05) is 39.0 Å². The van der Waals surface area contributed by atoms with Crippen molar-refractivity contribution in [3.05, 3.63) is 53.4 Å². The molecule has 8 nitrogen and oxygen atoms in total. The minimum atomic E-state index is -0.214. The van der Waals surface area contributed by atoms with Crippen molar-refractivity contribution in [1.82, 2.24) is 10.2 Å². The molecule has 0 radical (unpaired) electrons. The fraction of sp³-hybridized carbons (Fsp3) is 0.385. The van der Waals surface area contributed by atoms with Crippen molar-refractivity contribution in [1.29, 1.82) is 0 Å². The number of carbonyl (C=O) groups excluding carboxylic acids is 1. The lowest BCUT2D eigenvalue weighted by Crippen LogP contribution is -2.06.